The molecule has 0 unspecified atom stereocenters. The molecule has 0 aromatic heterocycles. The van der Waals surface area contributed by atoms with Gasteiger partial charge in [0.1, 0.15) is 0 Å². The number of anilines is 1. The van der Waals surface area contributed by atoms with Crippen molar-refractivity contribution >= 4 is 8.89 Å². The summed E-state index contributed by atoms with van der Waals surface area (Å²) in [6.45, 7) is 0. The van der Waals surface area contributed by atoms with Crippen LogP contribution in [0.2, 0.25) is 0 Å². The van der Waals surface area contributed by atoms with Crippen molar-refractivity contribution in [2.75, 3.05) is 19.0 Å². The van der Waals surface area contributed by atoms with Crippen LogP contribution in [-0.2, 0) is 30.7 Å². The second-order valence-electron chi connectivity index (χ2n) is 8.57. The van der Waals surface area contributed by atoms with Gasteiger partial charge in [-0.3, -0.25) is 6.08 Å². The molecule has 4 aromatic rings. The van der Waals surface area contributed by atoms with Crippen LogP contribution in [0.5, 0.6) is 0 Å². The standard InChI is InChI=1S/C15H14N.C13H10.C5H5.Zr/c1-16(2)13-7-8-15-12(10-13)9-11-5-3-4-6-14(11)15;1-3-7-12(8-4-1)11-13-9-5-2-6-10-13;1-2-4-5-3-1;/h3-8H,9H2,1-2H3;1-10H;1-3H,4H2;/q-1;;-1;+2. The van der Waals surface area contributed by atoms with Crippen LogP contribution in [0.1, 0.15) is 28.7 Å². The van der Waals surface area contributed by atoms with Crippen molar-refractivity contribution in [1.29, 1.82) is 0 Å². The molecule has 0 spiro atoms. The van der Waals surface area contributed by atoms with Gasteiger partial charge < -0.3 is 4.90 Å². The van der Waals surface area contributed by atoms with Gasteiger partial charge in [0.2, 0.25) is 0 Å². The molecule has 2 heteroatoms. The number of hydrogen-bond donors (Lipinski definition) is 0. The van der Waals surface area contributed by atoms with E-state index < -0.39 is 0 Å². The molecule has 170 valence electrons. The molecule has 0 saturated heterocycles. The molecular formula is C33H29NZr. The first-order valence-electron chi connectivity index (χ1n) is 11.9. The number of allylic oxidation sites excluding steroid dienone is 4. The van der Waals surface area contributed by atoms with Crippen molar-refractivity contribution in [2.24, 2.45) is 0 Å². The molecule has 0 radical (unpaired) electrons. The predicted octanol–water partition coefficient (Wildman–Crippen LogP) is 7.23. The summed E-state index contributed by atoms with van der Waals surface area (Å²) in [6.07, 6.45) is 11.0. The van der Waals surface area contributed by atoms with Crippen molar-refractivity contribution in [3.8, 4) is 11.1 Å². The minimum absolute atomic E-state index is 1.01. The monoisotopic (exact) mass is 529 g/mol. The summed E-state index contributed by atoms with van der Waals surface area (Å²) in [5.41, 5.74) is 9.29. The summed E-state index contributed by atoms with van der Waals surface area (Å²) >= 11 is 1.46. The van der Waals surface area contributed by atoms with Gasteiger partial charge in [-0.2, -0.15) is 18.2 Å². The molecule has 0 N–H and O–H groups in total. The first-order chi connectivity index (χ1) is 17.1. The summed E-state index contributed by atoms with van der Waals surface area (Å²) in [7, 11) is 4.11. The van der Waals surface area contributed by atoms with E-state index in [0.29, 0.717) is 0 Å². The quantitative estimate of drug-likeness (QED) is 0.222. The number of hydrogen-bond acceptors (Lipinski definition) is 1. The molecule has 0 aliphatic heterocycles. The fourth-order valence-electron chi connectivity index (χ4n) is 4.02. The Kier molecular flexibility index (Phi) is 8.98. The van der Waals surface area contributed by atoms with E-state index in [9.17, 15) is 0 Å². The summed E-state index contributed by atoms with van der Waals surface area (Å²) in [5, 5.41) is 0. The zero-order valence-electron chi connectivity index (χ0n) is 20.3. The normalized spacial score (nSPS) is 12.0. The number of nitrogens with zero attached hydrogens (tertiary/aromatic N) is 1. The van der Waals surface area contributed by atoms with Crippen molar-refractivity contribution in [1.82, 2.24) is 0 Å². The molecule has 0 amide bonds. The van der Waals surface area contributed by atoms with E-state index >= 15 is 0 Å². The maximum atomic E-state index is 3.50. The topological polar surface area (TPSA) is 3.24 Å². The van der Waals surface area contributed by atoms with Crippen LogP contribution >= 0.6 is 0 Å². The van der Waals surface area contributed by atoms with E-state index in [2.05, 4.69) is 134 Å². The van der Waals surface area contributed by atoms with Gasteiger partial charge in [0.05, 0.1) is 0 Å². The van der Waals surface area contributed by atoms with Crippen molar-refractivity contribution in [2.45, 2.75) is 12.8 Å². The van der Waals surface area contributed by atoms with Crippen LogP contribution in [-0.4, -0.2) is 17.3 Å². The second kappa shape index (κ2) is 12.6. The molecule has 1 nitrogen and oxygen atoms in total. The molecule has 6 rings (SSSR count). The average Bonchev–Trinajstić information content (AvgIpc) is 3.61. The van der Waals surface area contributed by atoms with Gasteiger partial charge >= 0.3 is 99.2 Å². The molecule has 35 heavy (non-hydrogen) atoms. The van der Waals surface area contributed by atoms with Gasteiger partial charge in [-0.05, 0) is 6.42 Å². The van der Waals surface area contributed by atoms with Crippen LogP contribution in [0.15, 0.2) is 115 Å². The van der Waals surface area contributed by atoms with Gasteiger partial charge in [0.15, 0.2) is 0 Å². The molecule has 4 aromatic carbocycles. The Bertz CT molecular complexity index is 1270. The first kappa shape index (κ1) is 25.0. The number of rotatable bonds is 3. The predicted molar refractivity (Wildman–Crippen MR) is 146 cm³/mol. The van der Waals surface area contributed by atoms with Crippen LogP contribution in [0.4, 0.5) is 5.69 Å². The molecule has 2 aliphatic rings. The third-order valence-corrected chi connectivity index (χ3v) is 7.30. The summed E-state index contributed by atoms with van der Waals surface area (Å²) < 4.78 is 1.42. The molecule has 0 heterocycles. The Morgan fingerprint density at radius 1 is 0.743 bits per heavy atom. The third kappa shape index (κ3) is 6.74. The fraction of sp³-hybridized carbons (Fsp3) is 0.121. The van der Waals surface area contributed by atoms with E-state index in [0.717, 1.165) is 18.5 Å². The van der Waals surface area contributed by atoms with Crippen LogP contribution in [0.25, 0.3) is 11.1 Å². The van der Waals surface area contributed by atoms with Gasteiger partial charge in [-0.1, -0.05) is 41.1 Å². The second-order valence-corrected chi connectivity index (χ2v) is 9.80. The Morgan fingerprint density at radius 3 is 1.91 bits per heavy atom. The number of fused-ring (bicyclic) bond motifs is 3. The molecule has 0 bridgehead atoms. The molecular weight excluding hydrogens is 502 g/mol. The maximum absolute atomic E-state index is 3.50. The summed E-state index contributed by atoms with van der Waals surface area (Å²) in [6, 6.07) is 37.6. The zero-order chi connectivity index (χ0) is 24.5. The van der Waals surface area contributed by atoms with Gasteiger partial charge in [0.25, 0.3) is 0 Å². The van der Waals surface area contributed by atoms with Crippen LogP contribution in [0.3, 0.4) is 0 Å². The van der Waals surface area contributed by atoms with Gasteiger partial charge in [0, 0.05) is 14.1 Å². The van der Waals surface area contributed by atoms with Crippen molar-refractivity contribution in [3.63, 3.8) is 0 Å². The van der Waals surface area contributed by atoms with Crippen LogP contribution < -0.4 is 4.90 Å². The Morgan fingerprint density at radius 2 is 1.37 bits per heavy atom. The first-order valence-corrected chi connectivity index (χ1v) is 13.1. The van der Waals surface area contributed by atoms with Crippen LogP contribution in [0, 0.1) is 12.1 Å². The fourth-order valence-corrected chi connectivity index (χ4v) is 4.84. The molecule has 2 aliphatic carbocycles. The van der Waals surface area contributed by atoms with E-state index in [1.165, 1.54) is 60.8 Å². The summed E-state index contributed by atoms with van der Waals surface area (Å²) in [4.78, 5) is 2.10. The zero-order valence-corrected chi connectivity index (χ0v) is 22.8. The number of benzene rings is 4. The van der Waals surface area contributed by atoms with Gasteiger partial charge in [-0.15, -0.1) is 23.6 Å². The Labute approximate surface area is 224 Å². The summed E-state index contributed by atoms with van der Waals surface area (Å²) in [5.74, 6) is 0. The van der Waals surface area contributed by atoms with E-state index in [4.69, 9.17) is 0 Å². The molecule has 0 saturated carbocycles. The van der Waals surface area contributed by atoms with E-state index in [1.54, 1.807) is 0 Å². The Hall–Kier alpha value is -3.09. The van der Waals surface area contributed by atoms with E-state index in [-0.39, 0.29) is 0 Å². The SMILES string of the molecule is CN(C)c1[c-]c2c(cc1)-c1ccccc1C2.[C-]1=CC=CC1.[Zr+2]=[C](c1ccccc1)c1ccccc1. The Balaban J connectivity index is 0.000000139. The van der Waals surface area contributed by atoms with Crippen molar-refractivity contribution < 1.29 is 24.2 Å². The third-order valence-electron chi connectivity index (χ3n) is 5.88. The average molecular weight is 531 g/mol. The molecule has 0 atom stereocenters. The molecule has 0 fully saturated rings. The van der Waals surface area contributed by atoms with Crippen molar-refractivity contribution in [3.05, 3.63) is 150 Å². The van der Waals surface area contributed by atoms with E-state index in [1.807, 2.05) is 12.2 Å². The van der Waals surface area contributed by atoms with Gasteiger partial charge in [-0.25, -0.2) is 12.2 Å². The minimum atomic E-state index is 1.01.